The SMILES string of the molecule is Cc1ocnc1C(=O)N[C@H]1CC[C@@H](Oc2cccc(F)c2)[C@@H](O)[C@H]1O. The van der Waals surface area contributed by atoms with Crippen molar-refractivity contribution in [2.24, 2.45) is 0 Å². The lowest BCUT2D eigenvalue weighted by molar-refractivity contribution is -0.0875. The van der Waals surface area contributed by atoms with Crippen LogP contribution < -0.4 is 10.1 Å². The normalized spacial score (nSPS) is 26.2. The maximum Gasteiger partial charge on any atom is 0.273 e. The summed E-state index contributed by atoms with van der Waals surface area (Å²) in [5, 5.41) is 23.2. The molecule has 134 valence electrons. The number of carbonyl (C=O) groups excluding carboxylic acids is 1. The molecule has 0 saturated heterocycles. The Morgan fingerprint density at radius 2 is 2.16 bits per heavy atom. The predicted octanol–water partition coefficient (Wildman–Crippen LogP) is 1.18. The van der Waals surface area contributed by atoms with Crippen molar-refractivity contribution in [1.82, 2.24) is 10.3 Å². The number of halogens is 1. The average molecular weight is 350 g/mol. The monoisotopic (exact) mass is 350 g/mol. The summed E-state index contributed by atoms with van der Waals surface area (Å²) in [6.07, 6.45) is -1.19. The molecular weight excluding hydrogens is 331 g/mol. The van der Waals surface area contributed by atoms with Gasteiger partial charge in [-0.2, -0.15) is 0 Å². The number of aryl methyl sites for hydroxylation is 1. The molecule has 1 saturated carbocycles. The van der Waals surface area contributed by atoms with Gasteiger partial charge in [0.2, 0.25) is 0 Å². The number of amides is 1. The quantitative estimate of drug-likeness (QED) is 0.765. The molecule has 0 unspecified atom stereocenters. The summed E-state index contributed by atoms with van der Waals surface area (Å²) < 4.78 is 23.8. The van der Waals surface area contributed by atoms with Crippen LogP contribution in [0.4, 0.5) is 4.39 Å². The smallest absolute Gasteiger partial charge is 0.273 e. The van der Waals surface area contributed by atoms with Crippen LogP contribution in [-0.4, -0.2) is 45.5 Å². The molecule has 25 heavy (non-hydrogen) atoms. The topological polar surface area (TPSA) is 105 Å². The number of aromatic nitrogens is 1. The van der Waals surface area contributed by atoms with Gasteiger partial charge in [-0.3, -0.25) is 4.79 Å². The van der Waals surface area contributed by atoms with Crippen LogP contribution in [0, 0.1) is 12.7 Å². The number of carbonyl (C=O) groups is 1. The largest absolute Gasteiger partial charge is 0.488 e. The summed E-state index contributed by atoms with van der Waals surface area (Å²) in [5.74, 6) is -0.281. The standard InChI is InChI=1S/C17H19FN2O5/c1-9-14(19-8-24-9)17(23)20-12-5-6-13(16(22)15(12)21)25-11-4-2-3-10(18)7-11/h2-4,7-8,12-13,15-16,21-22H,5-6H2,1H3,(H,20,23)/t12-,13+,15-,16+/m0/s1. The van der Waals surface area contributed by atoms with Crippen LogP contribution >= 0.6 is 0 Å². The fourth-order valence-corrected chi connectivity index (χ4v) is 2.90. The zero-order chi connectivity index (χ0) is 18.0. The Kier molecular flexibility index (Phi) is 5.00. The lowest BCUT2D eigenvalue weighted by Gasteiger charge is -2.37. The molecule has 0 radical (unpaired) electrons. The summed E-state index contributed by atoms with van der Waals surface area (Å²) in [5.41, 5.74) is 0.139. The van der Waals surface area contributed by atoms with Gasteiger partial charge in [0.15, 0.2) is 12.1 Å². The summed E-state index contributed by atoms with van der Waals surface area (Å²) in [6.45, 7) is 1.61. The molecule has 0 bridgehead atoms. The second kappa shape index (κ2) is 7.20. The van der Waals surface area contributed by atoms with Crippen molar-refractivity contribution < 1.29 is 28.6 Å². The van der Waals surface area contributed by atoms with Crippen LogP contribution in [0.2, 0.25) is 0 Å². The van der Waals surface area contributed by atoms with Crippen LogP contribution in [0.15, 0.2) is 35.1 Å². The minimum atomic E-state index is -1.22. The van der Waals surface area contributed by atoms with Crippen molar-refractivity contribution in [3.8, 4) is 5.75 Å². The zero-order valence-electron chi connectivity index (χ0n) is 13.6. The van der Waals surface area contributed by atoms with Crippen LogP contribution in [0.5, 0.6) is 5.75 Å². The van der Waals surface area contributed by atoms with Crippen molar-refractivity contribution in [1.29, 1.82) is 0 Å². The van der Waals surface area contributed by atoms with Gasteiger partial charge in [0.25, 0.3) is 5.91 Å². The number of ether oxygens (including phenoxy) is 1. The van der Waals surface area contributed by atoms with E-state index < -0.39 is 36.1 Å². The Morgan fingerprint density at radius 3 is 2.84 bits per heavy atom. The number of hydrogen-bond donors (Lipinski definition) is 3. The molecule has 2 aromatic rings. The van der Waals surface area contributed by atoms with E-state index in [2.05, 4.69) is 10.3 Å². The molecule has 1 amide bonds. The number of aliphatic hydroxyl groups is 2. The number of hydrogen-bond acceptors (Lipinski definition) is 6. The molecular formula is C17H19FN2O5. The van der Waals surface area contributed by atoms with Crippen molar-refractivity contribution in [2.75, 3.05) is 0 Å². The average Bonchev–Trinajstić information content (AvgIpc) is 3.01. The number of rotatable bonds is 4. The number of nitrogens with one attached hydrogen (secondary N) is 1. The highest BCUT2D eigenvalue weighted by Crippen LogP contribution is 2.25. The fraction of sp³-hybridized carbons (Fsp3) is 0.412. The first kappa shape index (κ1) is 17.4. The minimum Gasteiger partial charge on any atom is -0.488 e. The van der Waals surface area contributed by atoms with E-state index >= 15 is 0 Å². The van der Waals surface area contributed by atoms with Crippen molar-refractivity contribution >= 4 is 5.91 Å². The van der Waals surface area contributed by atoms with Gasteiger partial charge in [0.1, 0.15) is 35.6 Å². The fourth-order valence-electron chi connectivity index (χ4n) is 2.90. The summed E-state index contributed by atoms with van der Waals surface area (Å²) in [7, 11) is 0. The highest BCUT2D eigenvalue weighted by atomic mass is 19.1. The Balaban J connectivity index is 1.62. The summed E-state index contributed by atoms with van der Waals surface area (Å²) in [6, 6.07) is 4.92. The Morgan fingerprint density at radius 1 is 1.36 bits per heavy atom. The first-order valence-electron chi connectivity index (χ1n) is 7.95. The highest BCUT2D eigenvalue weighted by molar-refractivity contribution is 5.93. The van der Waals surface area contributed by atoms with E-state index in [1.165, 1.54) is 24.6 Å². The second-order valence-electron chi connectivity index (χ2n) is 6.01. The third kappa shape index (κ3) is 3.80. The molecule has 8 heteroatoms. The van der Waals surface area contributed by atoms with Gasteiger partial charge in [-0.05, 0) is 31.9 Å². The van der Waals surface area contributed by atoms with Crippen molar-refractivity contribution in [2.45, 2.75) is 44.1 Å². The van der Waals surface area contributed by atoms with Gasteiger partial charge < -0.3 is 24.7 Å². The molecule has 1 aliphatic rings. The molecule has 1 aliphatic carbocycles. The molecule has 1 heterocycles. The Labute approximate surface area is 143 Å². The van der Waals surface area contributed by atoms with Gasteiger partial charge in [-0.1, -0.05) is 6.07 Å². The van der Waals surface area contributed by atoms with Gasteiger partial charge in [-0.15, -0.1) is 0 Å². The number of nitrogens with zero attached hydrogens (tertiary/aromatic N) is 1. The summed E-state index contributed by atoms with van der Waals surface area (Å²) in [4.78, 5) is 16.0. The van der Waals surface area contributed by atoms with E-state index in [1.54, 1.807) is 13.0 Å². The van der Waals surface area contributed by atoms with E-state index in [0.29, 0.717) is 18.6 Å². The maximum absolute atomic E-state index is 13.2. The number of aliphatic hydroxyl groups excluding tert-OH is 2. The van der Waals surface area contributed by atoms with E-state index in [1.807, 2.05) is 0 Å². The van der Waals surface area contributed by atoms with Crippen molar-refractivity contribution in [3.05, 3.63) is 47.9 Å². The first-order valence-corrected chi connectivity index (χ1v) is 7.95. The molecule has 1 aromatic heterocycles. The Hall–Kier alpha value is -2.45. The molecule has 7 nitrogen and oxygen atoms in total. The van der Waals surface area contributed by atoms with E-state index in [9.17, 15) is 19.4 Å². The van der Waals surface area contributed by atoms with E-state index in [-0.39, 0.29) is 11.4 Å². The number of benzene rings is 1. The first-order chi connectivity index (χ1) is 12.0. The molecule has 0 spiro atoms. The Bertz CT molecular complexity index is 750. The van der Waals surface area contributed by atoms with Crippen LogP contribution in [0.25, 0.3) is 0 Å². The third-order valence-corrected chi connectivity index (χ3v) is 4.27. The zero-order valence-corrected chi connectivity index (χ0v) is 13.6. The second-order valence-corrected chi connectivity index (χ2v) is 6.01. The highest BCUT2D eigenvalue weighted by Gasteiger charge is 2.39. The molecule has 1 aromatic carbocycles. The predicted molar refractivity (Wildman–Crippen MR) is 84.6 cm³/mol. The maximum atomic E-state index is 13.2. The van der Waals surface area contributed by atoms with Crippen LogP contribution in [-0.2, 0) is 0 Å². The molecule has 4 atom stereocenters. The van der Waals surface area contributed by atoms with Gasteiger partial charge in [0.05, 0.1) is 6.04 Å². The minimum absolute atomic E-state index is 0.139. The lowest BCUT2D eigenvalue weighted by Crippen LogP contribution is -2.57. The van der Waals surface area contributed by atoms with Gasteiger partial charge in [0, 0.05) is 6.07 Å². The molecule has 1 fully saturated rings. The lowest BCUT2D eigenvalue weighted by atomic mass is 9.87. The molecule has 0 aliphatic heterocycles. The van der Waals surface area contributed by atoms with Crippen LogP contribution in [0.1, 0.15) is 29.1 Å². The van der Waals surface area contributed by atoms with E-state index in [0.717, 1.165) is 0 Å². The van der Waals surface area contributed by atoms with Gasteiger partial charge in [-0.25, -0.2) is 9.37 Å². The third-order valence-electron chi connectivity index (χ3n) is 4.27. The number of oxazole rings is 1. The van der Waals surface area contributed by atoms with E-state index in [4.69, 9.17) is 9.15 Å². The molecule has 3 N–H and O–H groups in total. The molecule has 3 rings (SSSR count). The van der Waals surface area contributed by atoms with Crippen molar-refractivity contribution in [3.63, 3.8) is 0 Å². The summed E-state index contributed by atoms with van der Waals surface area (Å²) >= 11 is 0. The van der Waals surface area contributed by atoms with Crippen LogP contribution in [0.3, 0.4) is 0 Å². The van der Waals surface area contributed by atoms with Gasteiger partial charge >= 0.3 is 0 Å².